The fourth-order valence-electron chi connectivity index (χ4n) is 4.02. The molecule has 0 spiro atoms. The van der Waals surface area contributed by atoms with Crippen LogP contribution in [0, 0.1) is 0 Å². The zero-order valence-corrected chi connectivity index (χ0v) is 16.9. The standard InChI is InChI=1S/C23H24N2O5/c1-29-15-6-2-5-14(13-15)24-16(22-18(26)7-3-8-19(22)27)11-12-17-23-20(28)9-4-10-21(23)30-25-17/h2,5-6,13,26H,3-4,7-12H2,1H3. The fraction of sp³-hybridized carbons (Fsp3) is 0.391. The van der Waals surface area contributed by atoms with E-state index in [1.807, 2.05) is 18.2 Å². The number of benzene rings is 1. The van der Waals surface area contributed by atoms with Crippen molar-refractivity contribution in [2.75, 3.05) is 7.11 Å². The molecule has 0 bridgehead atoms. The molecule has 2 aliphatic carbocycles. The summed E-state index contributed by atoms with van der Waals surface area (Å²) in [5.74, 6) is 1.31. The fourth-order valence-corrected chi connectivity index (χ4v) is 4.02. The molecule has 1 N–H and O–H groups in total. The van der Waals surface area contributed by atoms with Gasteiger partial charge in [0.25, 0.3) is 0 Å². The van der Waals surface area contributed by atoms with Crippen LogP contribution in [0.25, 0.3) is 0 Å². The molecule has 0 amide bonds. The number of carbonyl (C=O) groups is 2. The Bertz CT molecular complexity index is 1050. The minimum Gasteiger partial charge on any atom is -0.511 e. The molecule has 1 heterocycles. The molecule has 156 valence electrons. The molecule has 0 radical (unpaired) electrons. The Labute approximate surface area is 174 Å². The lowest BCUT2D eigenvalue weighted by atomic mass is 9.89. The number of aromatic nitrogens is 1. The molecular weight excluding hydrogens is 384 g/mol. The number of methoxy groups -OCH3 is 1. The summed E-state index contributed by atoms with van der Waals surface area (Å²) in [5, 5.41) is 14.5. The van der Waals surface area contributed by atoms with E-state index in [1.54, 1.807) is 13.2 Å². The first-order valence-electron chi connectivity index (χ1n) is 10.2. The van der Waals surface area contributed by atoms with Crippen LogP contribution in [-0.4, -0.2) is 34.7 Å². The molecule has 7 heteroatoms. The molecule has 30 heavy (non-hydrogen) atoms. The SMILES string of the molecule is COc1cccc(N=C(CCc2noc3c2C(=O)CCC3)C2=C(O)CCCC2=O)c1. The van der Waals surface area contributed by atoms with Crippen LogP contribution < -0.4 is 4.74 Å². The minimum atomic E-state index is -0.112. The number of aliphatic hydroxyl groups excluding tert-OH is 1. The molecule has 0 saturated heterocycles. The second kappa shape index (κ2) is 8.65. The van der Waals surface area contributed by atoms with Crippen molar-refractivity contribution in [1.82, 2.24) is 5.16 Å². The molecule has 4 rings (SSSR count). The van der Waals surface area contributed by atoms with Crippen molar-refractivity contribution in [3.8, 4) is 5.75 Å². The van der Waals surface area contributed by atoms with Crippen LogP contribution in [0.15, 0.2) is 45.1 Å². The predicted molar refractivity (Wildman–Crippen MR) is 111 cm³/mol. The Kier molecular flexibility index (Phi) is 5.79. The molecule has 7 nitrogen and oxygen atoms in total. The summed E-state index contributed by atoms with van der Waals surface area (Å²) in [7, 11) is 1.58. The van der Waals surface area contributed by atoms with Gasteiger partial charge in [-0.2, -0.15) is 0 Å². The van der Waals surface area contributed by atoms with E-state index in [1.165, 1.54) is 0 Å². The first-order valence-corrected chi connectivity index (χ1v) is 10.2. The Morgan fingerprint density at radius 2 is 1.97 bits per heavy atom. The molecule has 2 aromatic rings. The highest BCUT2D eigenvalue weighted by atomic mass is 16.5. The average Bonchev–Trinajstić information content (AvgIpc) is 3.16. The number of hydrogen-bond donors (Lipinski definition) is 1. The van der Waals surface area contributed by atoms with E-state index in [0.717, 1.165) is 6.42 Å². The molecule has 0 atom stereocenters. The number of nitrogens with zero attached hydrogens (tertiary/aromatic N) is 2. The summed E-state index contributed by atoms with van der Waals surface area (Å²) >= 11 is 0. The number of Topliss-reactive ketones (excluding diaryl/α,β-unsaturated/α-hetero) is 2. The maximum absolute atomic E-state index is 12.6. The van der Waals surface area contributed by atoms with Crippen molar-refractivity contribution in [1.29, 1.82) is 0 Å². The van der Waals surface area contributed by atoms with E-state index in [-0.39, 0.29) is 22.9 Å². The van der Waals surface area contributed by atoms with Crippen LogP contribution in [0.2, 0.25) is 0 Å². The zero-order chi connectivity index (χ0) is 21.1. The largest absolute Gasteiger partial charge is 0.511 e. The molecule has 1 aromatic carbocycles. The van der Waals surface area contributed by atoms with Gasteiger partial charge in [0, 0.05) is 31.7 Å². The highest BCUT2D eigenvalue weighted by Gasteiger charge is 2.28. The second-order valence-electron chi connectivity index (χ2n) is 7.56. The average molecular weight is 408 g/mol. The molecule has 1 aromatic heterocycles. The Balaban J connectivity index is 1.68. The number of ether oxygens (including phenoxy) is 1. The van der Waals surface area contributed by atoms with Crippen molar-refractivity contribution in [3.05, 3.63) is 52.6 Å². The van der Waals surface area contributed by atoms with Crippen LogP contribution in [0.1, 0.15) is 60.3 Å². The van der Waals surface area contributed by atoms with Gasteiger partial charge in [0.2, 0.25) is 0 Å². The smallest absolute Gasteiger partial charge is 0.168 e. The lowest BCUT2D eigenvalue weighted by molar-refractivity contribution is -0.115. The van der Waals surface area contributed by atoms with Gasteiger partial charge in [-0.15, -0.1) is 0 Å². The van der Waals surface area contributed by atoms with Gasteiger partial charge in [-0.05, 0) is 37.8 Å². The summed E-state index contributed by atoms with van der Waals surface area (Å²) in [4.78, 5) is 29.6. The van der Waals surface area contributed by atoms with Crippen molar-refractivity contribution < 1.29 is 24.0 Å². The van der Waals surface area contributed by atoms with E-state index in [2.05, 4.69) is 10.1 Å². The molecule has 2 aliphatic rings. The van der Waals surface area contributed by atoms with Crippen molar-refractivity contribution in [3.63, 3.8) is 0 Å². The van der Waals surface area contributed by atoms with Gasteiger partial charge in [-0.3, -0.25) is 14.6 Å². The maximum atomic E-state index is 12.6. The highest BCUT2D eigenvalue weighted by molar-refractivity contribution is 6.23. The summed E-state index contributed by atoms with van der Waals surface area (Å²) in [6.07, 6.45) is 4.21. The van der Waals surface area contributed by atoms with E-state index in [4.69, 9.17) is 9.26 Å². The first-order chi connectivity index (χ1) is 14.6. The molecule has 0 unspecified atom stereocenters. The number of fused-ring (bicyclic) bond motifs is 1. The first kappa shape index (κ1) is 20.1. The van der Waals surface area contributed by atoms with E-state index < -0.39 is 0 Å². The summed E-state index contributed by atoms with van der Waals surface area (Å²) in [5.41, 5.74) is 2.58. The van der Waals surface area contributed by atoms with Crippen LogP contribution in [0.3, 0.4) is 0 Å². The lowest BCUT2D eigenvalue weighted by Crippen LogP contribution is -2.20. The Hall–Kier alpha value is -3.22. The molecular formula is C23H24N2O5. The van der Waals surface area contributed by atoms with Crippen LogP contribution in [0.4, 0.5) is 5.69 Å². The number of hydrogen-bond acceptors (Lipinski definition) is 7. The summed E-state index contributed by atoms with van der Waals surface area (Å²) < 4.78 is 10.6. The van der Waals surface area contributed by atoms with E-state index in [9.17, 15) is 14.7 Å². The summed E-state index contributed by atoms with van der Waals surface area (Å²) in [6, 6.07) is 7.22. The number of ketones is 2. The normalized spacial score (nSPS) is 17.3. The van der Waals surface area contributed by atoms with Crippen molar-refractivity contribution in [2.24, 2.45) is 4.99 Å². The monoisotopic (exact) mass is 408 g/mol. The Morgan fingerprint density at radius 3 is 2.77 bits per heavy atom. The van der Waals surface area contributed by atoms with Crippen LogP contribution in [0.5, 0.6) is 5.75 Å². The molecule has 0 saturated carbocycles. The van der Waals surface area contributed by atoms with Gasteiger partial charge in [-0.1, -0.05) is 11.2 Å². The van der Waals surface area contributed by atoms with Gasteiger partial charge in [0.05, 0.1) is 35.3 Å². The number of aliphatic imine (C=N–C) groups is 1. The predicted octanol–water partition coefficient (Wildman–Crippen LogP) is 4.47. The topological polar surface area (TPSA) is 102 Å². The van der Waals surface area contributed by atoms with E-state index in [0.29, 0.717) is 79.1 Å². The Morgan fingerprint density at radius 1 is 1.17 bits per heavy atom. The minimum absolute atomic E-state index is 0.0505. The number of rotatable bonds is 6. The van der Waals surface area contributed by atoms with Crippen LogP contribution in [-0.2, 0) is 17.6 Å². The molecule has 0 aliphatic heterocycles. The second-order valence-corrected chi connectivity index (χ2v) is 7.56. The van der Waals surface area contributed by atoms with Gasteiger partial charge in [0.1, 0.15) is 17.3 Å². The van der Waals surface area contributed by atoms with Crippen molar-refractivity contribution in [2.45, 2.75) is 51.4 Å². The van der Waals surface area contributed by atoms with Crippen molar-refractivity contribution >= 4 is 23.0 Å². The van der Waals surface area contributed by atoms with Gasteiger partial charge in [0.15, 0.2) is 11.6 Å². The van der Waals surface area contributed by atoms with Gasteiger partial charge in [-0.25, -0.2) is 0 Å². The third kappa shape index (κ3) is 4.06. The van der Waals surface area contributed by atoms with E-state index >= 15 is 0 Å². The number of aliphatic hydroxyl groups is 1. The highest BCUT2D eigenvalue weighted by Crippen LogP contribution is 2.29. The third-order valence-electron chi connectivity index (χ3n) is 5.51. The number of allylic oxidation sites excluding steroid dienone is 2. The third-order valence-corrected chi connectivity index (χ3v) is 5.51. The van der Waals surface area contributed by atoms with Gasteiger partial charge >= 0.3 is 0 Å². The quantitative estimate of drug-likeness (QED) is 0.708. The number of aryl methyl sites for hydroxylation is 2. The maximum Gasteiger partial charge on any atom is 0.168 e. The van der Waals surface area contributed by atoms with Crippen LogP contribution >= 0.6 is 0 Å². The lowest BCUT2D eigenvalue weighted by Gasteiger charge is -2.17. The summed E-state index contributed by atoms with van der Waals surface area (Å²) in [6.45, 7) is 0. The van der Waals surface area contributed by atoms with Gasteiger partial charge < -0.3 is 14.4 Å². The zero-order valence-electron chi connectivity index (χ0n) is 16.9. The number of carbonyl (C=O) groups excluding carboxylic acids is 2. The molecule has 0 fully saturated rings.